The van der Waals surface area contributed by atoms with Crippen molar-refractivity contribution in [2.75, 3.05) is 26.2 Å². The summed E-state index contributed by atoms with van der Waals surface area (Å²) >= 11 is 0. The van der Waals surface area contributed by atoms with Crippen LogP contribution in [0.3, 0.4) is 0 Å². The molecule has 1 aliphatic rings. The first-order valence-electron chi connectivity index (χ1n) is 9.30. The zero-order valence-electron chi connectivity index (χ0n) is 16.1. The standard InChI is InChI=1S/C21H21N3O5S/c25-21(10-9-19-7-4-8-20(17-19)24(26)27)22-12-14-23(15-13-22)30(28,29)16-11-18-5-2-1-3-6-18/h1-11,16-17H,12-15H2. The van der Waals surface area contributed by atoms with E-state index in [2.05, 4.69) is 0 Å². The van der Waals surface area contributed by atoms with Gasteiger partial charge in [0.25, 0.3) is 5.69 Å². The maximum absolute atomic E-state index is 12.5. The van der Waals surface area contributed by atoms with E-state index in [-0.39, 0.29) is 37.8 Å². The molecule has 30 heavy (non-hydrogen) atoms. The van der Waals surface area contributed by atoms with E-state index >= 15 is 0 Å². The van der Waals surface area contributed by atoms with Crippen LogP contribution in [0.2, 0.25) is 0 Å². The molecule has 0 aliphatic carbocycles. The van der Waals surface area contributed by atoms with Gasteiger partial charge < -0.3 is 4.90 Å². The largest absolute Gasteiger partial charge is 0.337 e. The third kappa shape index (κ3) is 5.62. The number of nitro benzene ring substituents is 1. The molecule has 0 aromatic heterocycles. The molecule has 1 heterocycles. The van der Waals surface area contributed by atoms with E-state index in [1.165, 1.54) is 34.0 Å². The number of nitrogens with zero attached hydrogens (tertiary/aromatic N) is 3. The number of carbonyl (C=O) groups is 1. The fourth-order valence-corrected chi connectivity index (χ4v) is 4.17. The van der Waals surface area contributed by atoms with E-state index in [1.54, 1.807) is 23.1 Å². The topological polar surface area (TPSA) is 101 Å². The predicted octanol–water partition coefficient (Wildman–Crippen LogP) is 2.75. The maximum Gasteiger partial charge on any atom is 0.270 e. The predicted molar refractivity (Wildman–Crippen MR) is 115 cm³/mol. The summed E-state index contributed by atoms with van der Waals surface area (Å²) < 4.78 is 26.3. The molecule has 0 saturated carbocycles. The van der Waals surface area contributed by atoms with E-state index in [0.717, 1.165) is 5.56 Å². The minimum Gasteiger partial charge on any atom is -0.337 e. The van der Waals surface area contributed by atoms with Crippen LogP contribution in [0.15, 0.2) is 66.1 Å². The molecule has 1 amide bonds. The molecular weight excluding hydrogens is 406 g/mol. The van der Waals surface area contributed by atoms with Crippen LogP contribution in [0.5, 0.6) is 0 Å². The third-order valence-electron chi connectivity index (χ3n) is 4.64. The molecule has 0 spiro atoms. The van der Waals surface area contributed by atoms with Gasteiger partial charge in [0.05, 0.1) is 4.92 Å². The van der Waals surface area contributed by atoms with Crippen LogP contribution in [0.4, 0.5) is 5.69 Å². The van der Waals surface area contributed by atoms with Gasteiger partial charge in [-0.25, -0.2) is 8.42 Å². The first kappa shape index (κ1) is 21.4. The molecule has 0 N–H and O–H groups in total. The lowest BCUT2D eigenvalue weighted by atomic mass is 10.2. The van der Waals surface area contributed by atoms with Gasteiger partial charge in [0.2, 0.25) is 15.9 Å². The lowest BCUT2D eigenvalue weighted by Gasteiger charge is -2.32. The summed E-state index contributed by atoms with van der Waals surface area (Å²) in [6, 6.07) is 15.1. The van der Waals surface area contributed by atoms with Crippen LogP contribution in [0, 0.1) is 10.1 Å². The van der Waals surface area contributed by atoms with Gasteiger partial charge in [-0.15, -0.1) is 0 Å². The van der Waals surface area contributed by atoms with Crippen LogP contribution in [-0.2, 0) is 14.8 Å². The molecular formula is C21H21N3O5S. The fourth-order valence-electron chi connectivity index (χ4n) is 2.99. The van der Waals surface area contributed by atoms with Crippen LogP contribution >= 0.6 is 0 Å². The van der Waals surface area contributed by atoms with Crippen molar-refractivity contribution in [1.82, 2.24) is 9.21 Å². The molecule has 1 saturated heterocycles. The second-order valence-corrected chi connectivity index (χ2v) is 8.49. The lowest BCUT2D eigenvalue weighted by molar-refractivity contribution is -0.384. The van der Waals surface area contributed by atoms with Crippen molar-refractivity contribution in [1.29, 1.82) is 0 Å². The highest BCUT2D eigenvalue weighted by Gasteiger charge is 2.26. The quantitative estimate of drug-likeness (QED) is 0.401. The van der Waals surface area contributed by atoms with Gasteiger partial charge in [-0.05, 0) is 23.3 Å². The minimum atomic E-state index is -3.57. The van der Waals surface area contributed by atoms with E-state index in [4.69, 9.17) is 0 Å². The highest BCUT2D eigenvalue weighted by atomic mass is 32.2. The number of hydrogen-bond acceptors (Lipinski definition) is 5. The molecule has 3 rings (SSSR count). The summed E-state index contributed by atoms with van der Waals surface area (Å²) in [6.45, 7) is 0.961. The Morgan fingerprint density at radius 2 is 1.60 bits per heavy atom. The number of carbonyl (C=O) groups excluding carboxylic acids is 1. The minimum absolute atomic E-state index is 0.0491. The number of sulfonamides is 1. The van der Waals surface area contributed by atoms with Gasteiger partial charge in [0.1, 0.15) is 0 Å². The molecule has 1 fully saturated rings. The highest BCUT2D eigenvalue weighted by Crippen LogP contribution is 2.15. The molecule has 2 aromatic carbocycles. The summed E-state index contributed by atoms with van der Waals surface area (Å²) in [5.74, 6) is -0.265. The highest BCUT2D eigenvalue weighted by molar-refractivity contribution is 7.92. The van der Waals surface area contributed by atoms with Crippen LogP contribution < -0.4 is 0 Å². The molecule has 9 heteroatoms. The second-order valence-electron chi connectivity index (χ2n) is 6.67. The number of hydrogen-bond donors (Lipinski definition) is 0. The second kappa shape index (κ2) is 9.47. The average Bonchev–Trinajstić information content (AvgIpc) is 2.77. The first-order valence-corrected chi connectivity index (χ1v) is 10.8. The summed E-state index contributed by atoms with van der Waals surface area (Å²) in [7, 11) is -3.57. The van der Waals surface area contributed by atoms with Crippen molar-refractivity contribution >= 4 is 33.8 Å². The average molecular weight is 427 g/mol. The van der Waals surface area contributed by atoms with Crippen molar-refractivity contribution in [2.45, 2.75) is 0 Å². The summed E-state index contributed by atoms with van der Waals surface area (Å²) in [4.78, 5) is 24.3. The molecule has 0 unspecified atom stereocenters. The Labute approximate surface area is 174 Å². The normalized spacial score (nSPS) is 15.7. The number of piperazine rings is 1. The summed E-state index contributed by atoms with van der Waals surface area (Å²) in [5.41, 5.74) is 1.29. The fraction of sp³-hybridized carbons (Fsp3) is 0.190. The van der Waals surface area contributed by atoms with Crippen molar-refractivity contribution in [2.24, 2.45) is 0 Å². The number of rotatable bonds is 6. The van der Waals surface area contributed by atoms with Crippen molar-refractivity contribution < 1.29 is 18.1 Å². The van der Waals surface area contributed by atoms with Crippen molar-refractivity contribution in [3.8, 4) is 0 Å². The third-order valence-corrected chi connectivity index (χ3v) is 6.21. The van der Waals surface area contributed by atoms with E-state index in [9.17, 15) is 23.3 Å². The smallest absolute Gasteiger partial charge is 0.270 e. The number of nitro groups is 1. The Kier molecular flexibility index (Phi) is 6.76. The molecule has 0 bridgehead atoms. The zero-order valence-corrected chi connectivity index (χ0v) is 16.9. The Bertz CT molecular complexity index is 1070. The van der Waals surface area contributed by atoms with Gasteiger partial charge in [0.15, 0.2) is 0 Å². The molecule has 8 nitrogen and oxygen atoms in total. The number of benzene rings is 2. The Morgan fingerprint density at radius 1 is 0.933 bits per heavy atom. The Hall–Kier alpha value is -3.30. The zero-order chi connectivity index (χ0) is 21.6. The summed E-state index contributed by atoms with van der Waals surface area (Å²) in [5, 5.41) is 12.0. The Morgan fingerprint density at radius 3 is 2.27 bits per heavy atom. The van der Waals surface area contributed by atoms with Gasteiger partial charge in [0, 0.05) is 49.8 Å². The molecule has 156 valence electrons. The van der Waals surface area contributed by atoms with Crippen LogP contribution in [0.1, 0.15) is 11.1 Å². The van der Waals surface area contributed by atoms with Crippen molar-refractivity contribution in [3.05, 3.63) is 87.3 Å². The summed E-state index contributed by atoms with van der Waals surface area (Å²) in [6.07, 6.45) is 4.41. The van der Waals surface area contributed by atoms with Crippen molar-refractivity contribution in [3.63, 3.8) is 0 Å². The molecule has 0 radical (unpaired) electrons. The van der Waals surface area contributed by atoms with Gasteiger partial charge in [-0.1, -0.05) is 42.5 Å². The molecule has 2 aromatic rings. The van der Waals surface area contributed by atoms with Gasteiger partial charge in [-0.2, -0.15) is 4.31 Å². The lowest BCUT2D eigenvalue weighted by Crippen LogP contribution is -2.49. The monoisotopic (exact) mass is 427 g/mol. The number of amides is 1. The molecule has 1 aliphatic heterocycles. The SMILES string of the molecule is O=C(C=Cc1cccc([N+](=O)[O-])c1)N1CCN(S(=O)(=O)C=Cc2ccccc2)CC1. The number of non-ortho nitro benzene ring substituents is 1. The van der Waals surface area contributed by atoms with E-state index in [0.29, 0.717) is 5.56 Å². The van der Waals surface area contributed by atoms with Crippen LogP contribution in [-0.4, -0.2) is 54.6 Å². The Balaban J connectivity index is 1.57. The molecule has 0 atom stereocenters. The van der Waals surface area contributed by atoms with Gasteiger partial charge >= 0.3 is 0 Å². The first-order chi connectivity index (χ1) is 14.3. The van der Waals surface area contributed by atoms with E-state index in [1.807, 2.05) is 30.3 Å². The van der Waals surface area contributed by atoms with E-state index < -0.39 is 14.9 Å². The van der Waals surface area contributed by atoms with Gasteiger partial charge in [-0.3, -0.25) is 14.9 Å². The maximum atomic E-state index is 12.5. The van der Waals surface area contributed by atoms with Crippen LogP contribution in [0.25, 0.3) is 12.2 Å².